The van der Waals surface area contributed by atoms with Crippen molar-refractivity contribution in [1.29, 1.82) is 0 Å². The van der Waals surface area contributed by atoms with Gasteiger partial charge in [-0.25, -0.2) is 0 Å². The number of hydrogen-bond acceptors (Lipinski definition) is 9. The molecule has 0 aromatic heterocycles. The molecule has 2 saturated carbocycles. The summed E-state index contributed by atoms with van der Waals surface area (Å²) >= 11 is 6.55. The first-order valence-electron chi connectivity index (χ1n) is 15.9. The summed E-state index contributed by atoms with van der Waals surface area (Å²) in [6.45, 7) is 0.949. The van der Waals surface area contributed by atoms with Crippen LogP contribution in [-0.4, -0.2) is 99.6 Å². The molecule has 5 rings (SSSR count). The number of anilines is 2. The summed E-state index contributed by atoms with van der Waals surface area (Å²) in [5, 5.41) is 54.5. The molecule has 2 fully saturated rings. The average molecular weight is 645 g/mol. The van der Waals surface area contributed by atoms with Gasteiger partial charge >= 0.3 is 0 Å². The summed E-state index contributed by atoms with van der Waals surface area (Å²) in [5.41, 5.74) is 3.56. The molecule has 1 aliphatic heterocycles. The lowest BCUT2D eigenvalue weighted by Crippen LogP contribution is -2.53. The van der Waals surface area contributed by atoms with Crippen molar-refractivity contribution in [3.05, 3.63) is 58.6 Å². The lowest BCUT2D eigenvalue weighted by atomic mass is 10.0. The number of para-hydroxylation sites is 2. The van der Waals surface area contributed by atoms with Crippen LogP contribution < -0.4 is 20.4 Å². The van der Waals surface area contributed by atoms with Gasteiger partial charge in [-0.2, -0.15) is 0 Å². The predicted molar refractivity (Wildman–Crippen MR) is 171 cm³/mol. The molecule has 2 amide bonds. The molecule has 2 aromatic carbocycles. The van der Waals surface area contributed by atoms with Crippen LogP contribution in [0.3, 0.4) is 0 Å². The smallest absolute Gasteiger partial charge is 0.247 e. The van der Waals surface area contributed by atoms with Gasteiger partial charge in [-0.15, -0.1) is 0 Å². The summed E-state index contributed by atoms with van der Waals surface area (Å²) in [4.78, 5) is 30.4. The third-order valence-corrected chi connectivity index (χ3v) is 9.49. The largest absolute Gasteiger partial charge is 0.394 e. The lowest BCUT2D eigenvalue weighted by molar-refractivity contribution is -0.126. The van der Waals surface area contributed by atoms with Gasteiger partial charge in [0.25, 0.3) is 0 Å². The number of hydrogen-bond donors (Lipinski definition) is 7. The highest BCUT2D eigenvalue weighted by Crippen LogP contribution is 2.44. The van der Waals surface area contributed by atoms with Crippen LogP contribution in [0.5, 0.6) is 0 Å². The molecule has 45 heavy (non-hydrogen) atoms. The fourth-order valence-corrected chi connectivity index (χ4v) is 6.18. The third-order valence-electron chi connectivity index (χ3n) is 9.12. The van der Waals surface area contributed by atoms with E-state index < -0.39 is 36.6 Å². The molecule has 0 spiro atoms. The Bertz CT molecular complexity index is 1340. The Morgan fingerprint density at radius 2 is 1.67 bits per heavy atom. The van der Waals surface area contributed by atoms with E-state index in [1.54, 1.807) is 0 Å². The van der Waals surface area contributed by atoms with Crippen molar-refractivity contribution in [2.24, 2.45) is 0 Å². The number of nitrogens with one attached hydrogen (secondary N) is 2. The van der Waals surface area contributed by atoms with Gasteiger partial charge in [0.2, 0.25) is 11.8 Å². The monoisotopic (exact) mass is 644 g/mol. The zero-order valence-corrected chi connectivity index (χ0v) is 26.2. The zero-order valence-electron chi connectivity index (χ0n) is 25.4. The van der Waals surface area contributed by atoms with Gasteiger partial charge in [-0.05, 0) is 74.3 Å². The minimum Gasteiger partial charge on any atom is -0.394 e. The second kappa shape index (κ2) is 14.8. The molecular formula is C33H45ClN4O7. The number of aliphatic hydroxyl groups is 5. The Balaban J connectivity index is 1.07. The summed E-state index contributed by atoms with van der Waals surface area (Å²) in [5.74, 6) is -0.188. The number of benzene rings is 2. The number of aliphatic hydroxyl groups excluding tert-OH is 5. The van der Waals surface area contributed by atoms with Crippen LogP contribution in [0, 0.1) is 0 Å². The van der Waals surface area contributed by atoms with Crippen molar-refractivity contribution in [2.45, 2.75) is 93.9 Å². The van der Waals surface area contributed by atoms with Crippen LogP contribution >= 0.6 is 11.6 Å². The number of halogens is 1. The summed E-state index contributed by atoms with van der Waals surface area (Å²) in [7, 11) is 0. The van der Waals surface area contributed by atoms with E-state index in [0.717, 1.165) is 54.7 Å². The number of carbonyl (C=O) groups is 2. The molecule has 0 saturated heterocycles. The SMILES string of the molecule is O=C(CCCCc1ccc(Cl)c(CNC2(C(=O)N3CCN(C4CC4)c4ccccc43)CC2)c1)NC[C@H](O)[C@@H](O)[C@H](O)[C@H](O)CO. The van der Waals surface area contributed by atoms with Crippen LogP contribution in [0.2, 0.25) is 5.02 Å². The van der Waals surface area contributed by atoms with E-state index in [0.29, 0.717) is 30.6 Å². The van der Waals surface area contributed by atoms with Crippen molar-refractivity contribution in [3.63, 3.8) is 0 Å². The first kappa shape index (κ1) is 33.6. The van der Waals surface area contributed by atoms with Gasteiger partial charge in [-0.1, -0.05) is 35.9 Å². The molecule has 2 aliphatic carbocycles. The van der Waals surface area contributed by atoms with Crippen molar-refractivity contribution in [2.75, 3.05) is 36.0 Å². The van der Waals surface area contributed by atoms with Gasteiger partial charge < -0.3 is 40.6 Å². The molecule has 7 N–H and O–H groups in total. The Labute approximate surface area is 268 Å². The van der Waals surface area contributed by atoms with Crippen molar-refractivity contribution >= 4 is 34.8 Å². The number of unbranched alkanes of at least 4 members (excludes halogenated alkanes) is 1. The Hall–Kier alpha value is -2.77. The van der Waals surface area contributed by atoms with Crippen LogP contribution in [0.25, 0.3) is 0 Å². The van der Waals surface area contributed by atoms with E-state index >= 15 is 0 Å². The van der Waals surface area contributed by atoms with Crippen molar-refractivity contribution in [1.82, 2.24) is 10.6 Å². The van der Waals surface area contributed by atoms with Gasteiger partial charge in [0.05, 0.1) is 29.6 Å². The molecule has 0 bridgehead atoms. The van der Waals surface area contributed by atoms with E-state index in [1.165, 1.54) is 12.8 Å². The predicted octanol–water partition coefficient (Wildman–Crippen LogP) is 1.24. The van der Waals surface area contributed by atoms with Crippen molar-refractivity contribution < 1.29 is 35.1 Å². The van der Waals surface area contributed by atoms with Gasteiger partial charge in [0.1, 0.15) is 18.3 Å². The fraction of sp³-hybridized carbons (Fsp3) is 0.576. The van der Waals surface area contributed by atoms with E-state index in [1.807, 2.05) is 41.3 Å². The molecule has 2 aromatic rings. The minimum atomic E-state index is -1.73. The molecule has 0 radical (unpaired) electrons. The van der Waals surface area contributed by atoms with Gasteiger partial charge in [0.15, 0.2) is 0 Å². The molecule has 4 atom stereocenters. The number of rotatable bonds is 16. The summed E-state index contributed by atoms with van der Waals surface area (Å²) < 4.78 is 0. The molecule has 0 unspecified atom stereocenters. The number of nitrogens with zero attached hydrogens (tertiary/aromatic N) is 2. The molecule has 246 valence electrons. The van der Waals surface area contributed by atoms with Crippen LogP contribution in [0.1, 0.15) is 56.1 Å². The molecular weight excluding hydrogens is 600 g/mol. The molecule has 12 heteroatoms. The number of fused-ring (bicyclic) bond motifs is 1. The lowest BCUT2D eigenvalue weighted by Gasteiger charge is -2.39. The second-order valence-corrected chi connectivity index (χ2v) is 12.9. The summed E-state index contributed by atoms with van der Waals surface area (Å²) in [6.07, 6.45) is -0.245. The first-order valence-corrected chi connectivity index (χ1v) is 16.3. The number of aryl methyl sites for hydroxylation is 1. The third kappa shape index (κ3) is 8.15. The molecule has 1 heterocycles. The molecule has 11 nitrogen and oxygen atoms in total. The van der Waals surface area contributed by atoms with E-state index in [4.69, 9.17) is 16.7 Å². The van der Waals surface area contributed by atoms with Gasteiger partial charge in [0, 0.05) is 43.7 Å². The fourth-order valence-electron chi connectivity index (χ4n) is 6.00. The van der Waals surface area contributed by atoms with Crippen molar-refractivity contribution in [3.8, 4) is 0 Å². The quantitative estimate of drug-likeness (QED) is 0.133. The topological polar surface area (TPSA) is 166 Å². The Kier molecular flexibility index (Phi) is 11.0. The maximum Gasteiger partial charge on any atom is 0.247 e. The van der Waals surface area contributed by atoms with E-state index in [-0.39, 0.29) is 24.8 Å². The summed E-state index contributed by atoms with van der Waals surface area (Å²) in [6, 6.07) is 14.7. The van der Waals surface area contributed by atoms with Crippen LogP contribution in [0.4, 0.5) is 11.4 Å². The second-order valence-electron chi connectivity index (χ2n) is 12.5. The zero-order chi connectivity index (χ0) is 32.1. The highest BCUT2D eigenvalue weighted by Gasteiger charge is 2.52. The van der Waals surface area contributed by atoms with Crippen LogP contribution in [-0.2, 0) is 22.6 Å². The number of amides is 2. The highest BCUT2D eigenvalue weighted by atomic mass is 35.5. The average Bonchev–Trinajstić information content (AvgIpc) is 4.00. The van der Waals surface area contributed by atoms with E-state index in [2.05, 4.69) is 21.6 Å². The van der Waals surface area contributed by atoms with E-state index in [9.17, 15) is 30.0 Å². The normalized spacial score (nSPS) is 19.8. The van der Waals surface area contributed by atoms with Gasteiger partial charge in [-0.3, -0.25) is 14.9 Å². The minimum absolute atomic E-state index is 0.122. The maximum atomic E-state index is 13.8. The Morgan fingerprint density at radius 3 is 2.36 bits per heavy atom. The Morgan fingerprint density at radius 1 is 0.956 bits per heavy atom. The first-order chi connectivity index (χ1) is 21.6. The van der Waals surface area contributed by atoms with Crippen LogP contribution in [0.15, 0.2) is 42.5 Å². The maximum absolute atomic E-state index is 13.8. The molecule has 3 aliphatic rings. The highest BCUT2D eigenvalue weighted by molar-refractivity contribution is 6.31. The standard InChI is InChI=1S/C33H45ClN4O7/c34-24-12-9-21(5-1-4-8-29(42)35-19-27(40)30(43)31(44)28(41)20-39)17-22(24)18-36-33(13-14-33)32(45)38-16-15-37(23-10-11-23)25-6-2-3-7-26(25)38/h2-3,6-7,9,12,17,23,27-28,30-31,36,39-41,43-44H,1,4-5,8,10-11,13-16,18-20H2,(H,35,42)/t27-,28+,30+,31+/m0/s1. The number of carbonyl (C=O) groups excluding carboxylic acids is 2.